The van der Waals surface area contributed by atoms with Crippen LogP contribution in [0.5, 0.6) is 0 Å². The lowest BCUT2D eigenvalue weighted by Crippen LogP contribution is -2.09. The molecule has 0 bridgehead atoms. The molecule has 25 heavy (non-hydrogen) atoms. The summed E-state index contributed by atoms with van der Waals surface area (Å²) in [5.74, 6) is -0.368. The van der Waals surface area contributed by atoms with Gasteiger partial charge in [0.25, 0.3) is 5.69 Å². The van der Waals surface area contributed by atoms with Gasteiger partial charge in [-0.3, -0.25) is 10.1 Å². The van der Waals surface area contributed by atoms with Crippen molar-refractivity contribution in [2.75, 3.05) is 30.8 Å². The number of nitrogens with zero attached hydrogens (tertiary/aromatic N) is 1. The number of hydrogen-bond acceptors (Lipinski definition) is 6. The highest BCUT2D eigenvalue weighted by atomic mass is 16.6. The van der Waals surface area contributed by atoms with Gasteiger partial charge in [0.1, 0.15) is 5.69 Å². The zero-order valence-corrected chi connectivity index (χ0v) is 13.9. The fourth-order valence-corrected chi connectivity index (χ4v) is 2.99. The topological polar surface area (TPSA) is 93.5 Å². The lowest BCUT2D eigenvalue weighted by atomic mass is 10.1. The maximum Gasteiger partial charge on any atom is 0.337 e. The Morgan fingerprint density at radius 3 is 2.72 bits per heavy atom. The molecule has 2 N–H and O–H groups in total. The van der Waals surface area contributed by atoms with Gasteiger partial charge >= 0.3 is 5.97 Å². The first-order valence-electron chi connectivity index (χ1n) is 8.05. The Labute approximate surface area is 145 Å². The first-order valence-corrected chi connectivity index (χ1v) is 8.05. The van der Waals surface area contributed by atoms with Crippen molar-refractivity contribution >= 4 is 23.0 Å². The average Bonchev–Trinajstić information content (AvgIpc) is 3.10. The summed E-state index contributed by atoms with van der Waals surface area (Å²) in [6, 6.07) is 10.4. The van der Waals surface area contributed by atoms with Crippen LogP contribution in [0.2, 0.25) is 0 Å². The molecule has 0 atom stereocenters. The van der Waals surface area contributed by atoms with Crippen LogP contribution >= 0.6 is 0 Å². The molecule has 0 radical (unpaired) electrons. The molecule has 0 spiro atoms. The molecule has 0 saturated carbocycles. The Morgan fingerprint density at radius 2 is 2.04 bits per heavy atom. The molecule has 1 heterocycles. The lowest BCUT2D eigenvalue weighted by Gasteiger charge is -2.12. The van der Waals surface area contributed by atoms with Gasteiger partial charge in [-0.1, -0.05) is 12.1 Å². The molecule has 0 saturated heterocycles. The van der Waals surface area contributed by atoms with Crippen LogP contribution < -0.4 is 10.6 Å². The summed E-state index contributed by atoms with van der Waals surface area (Å²) in [5.41, 5.74) is 4.16. The average molecular weight is 341 g/mol. The van der Waals surface area contributed by atoms with Gasteiger partial charge in [0.05, 0.1) is 17.6 Å². The third-order valence-electron chi connectivity index (χ3n) is 4.27. The highest BCUT2D eigenvalue weighted by Crippen LogP contribution is 2.36. The summed E-state index contributed by atoms with van der Waals surface area (Å²) in [7, 11) is 1.35. The number of fused-ring (bicyclic) bond motifs is 1. The van der Waals surface area contributed by atoms with Crippen molar-refractivity contribution in [3.05, 3.63) is 63.2 Å². The van der Waals surface area contributed by atoms with E-state index in [9.17, 15) is 14.9 Å². The van der Waals surface area contributed by atoms with Crippen molar-refractivity contribution in [1.29, 1.82) is 0 Å². The number of ether oxygens (including phenoxy) is 1. The van der Waals surface area contributed by atoms with Gasteiger partial charge in [-0.15, -0.1) is 0 Å². The Morgan fingerprint density at radius 1 is 1.28 bits per heavy atom. The van der Waals surface area contributed by atoms with Gasteiger partial charge in [0.15, 0.2) is 0 Å². The van der Waals surface area contributed by atoms with E-state index in [1.54, 1.807) is 18.2 Å². The highest BCUT2D eigenvalue weighted by Gasteiger charge is 2.23. The third kappa shape index (κ3) is 3.55. The van der Waals surface area contributed by atoms with Gasteiger partial charge in [0, 0.05) is 30.4 Å². The van der Waals surface area contributed by atoms with E-state index in [4.69, 9.17) is 0 Å². The SMILES string of the molecule is COC(=O)c1ccc(CCNc2c([N+](=O)[O-])ccc3c2CCN3)cc1. The minimum absolute atomic E-state index is 0.100. The van der Waals surface area contributed by atoms with E-state index in [1.165, 1.54) is 13.2 Å². The predicted octanol–water partition coefficient (Wildman–Crippen LogP) is 3.00. The smallest absolute Gasteiger partial charge is 0.337 e. The van der Waals surface area contributed by atoms with Crippen LogP contribution in [0, 0.1) is 10.1 Å². The number of rotatable bonds is 6. The monoisotopic (exact) mass is 341 g/mol. The van der Waals surface area contributed by atoms with E-state index in [1.807, 2.05) is 12.1 Å². The van der Waals surface area contributed by atoms with Crippen LogP contribution in [0.1, 0.15) is 21.5 Å². The maximum absolute atomic E-state index is 11.4. The Balaban J connectivity index is 1.69. The Bertz CT molecular complexity index is 803. The standard InChI is InChI=1S/C18H19N3O4/c1-25-18(22)13-4-2-12(3-5-13)8-10-20-17-14-9-11-19-15(14)6-7-16(17)21(23)24/h2-7,19-20H,8-11H2,1H3. The fraction of sp³-hybridized carbons (Fsp3) is 0.278. The summed E-state index contributed by atoms with van der Waals surface area (Å²) in [6.07, 6.45) is 1.46. The molecule has 0 amide bonds. The number of carbonyl (C=O) groups is 1. The van der Waals surface area contributed by atoms with E-state index >= 15 is 0 Å². The van der Waals surface area contributed by atoms with Crippen LogP contribution in [0.4, 0.5) is 17.1 Å². The van der Waals surface area contributed by atoms with Crippen molar-refractivity contribution in [2.24, 2.45) is 0 Å². The van der Waals surface area contributed by atoms with Crippen molar-refractivity contribution in [2.45, 2.75) is 12.8 Å². The molecule has 1 aliphatic heterocycles. The number of nitrogens with one attached hydrogen (secondary N) is 2. The van der Waals surface area contributed by atoms with E-state index in [0.717, 1.165) is 29.8 Å². The first-order chi connectivity index (χ1) is 12.1. The number of carbonyl (C=O) groups excluding carboxylic acids is 1. The van der Waals surface area contributed by atoms with E-state index in [2.05, 4.69) is 15.4 Å². The summed E-state index contributed by atoms with van der Waals surface area (Å²) in [6.45, 7) is 1.36. The molecule has 7 heteroatoms. The maximum atomic E-state index is 11.4. The van der Waals surface area contributed by atoms with Crippen molar-refractivity contribution in [3.8, 4) is 0 Å². The van der Waals surface area contributed by atoms with Gasteiger partial charge in [-0.05, 0) is 36.6 Å². The van der Waals surface area contributed by atoms with Gasteiger partial charge in [-0.2, -0.15) is 0 Å². The molecule has 1 aliphatic rings. The number of nitro groups is 1. The van der Waals surface area contributed by atoms with E-state index < -0.39 is 0 Å². The van der Waals surface area contributed by atoms with Crippen LogP contribution in [-0.2, 0) is 17.6 Å². The fourth-order valence-electron chi connectivity index (χ4n) is 2.99. The number of benzene rings is 2. The number of anilines is 2. The zero-order chi connectivity index (χ0) is 17.8. The molecule has 130 valence electrons. The van der Waals surface area contributed by atoms with Crippen LogP contribution in [-0.4, -0.2) is 31.1 Å². The third-order valence-corrected chi connectivity index (χ3v) is 4.27. The minimum Gasteiger partial charge on any atom is -0.465 e. The van der Waals surface area contributed by atoms with E-state index in [0.29, 0.717) is 24.2 Å². The molecule has 0 aliphatic carbocycles. The van der Waals surface area contributed by atoms with Crippen molar-refractivity contribution < 1.29 is 14.5 Å². The summed E-state index contributed by atoms with van der Waals surface area (Å²) in [5, 5.41) is 17.7. The number of nitro benzene ring substituents is 1. The highest BCUT2D eigenvalue weighted by molar-refractivity contribution is 5.89. The van der Waals surface area contributed by atoms with Crippen LogP contribution in [0.3, 0.4) is 0 Å². The Kier molecular flexibility index (Phi) is 4.83. The minimum atomic E-state index is -0.368. The second-order valence-electron chi connectivity index (χ2n) is 5.78. The molecule has 3 rings (SSSR count). The summed E-state index contributed by atoms with van der Waals surface area (Å²) >= 11 is 0. The molecule has 0 aromatic heterocycles. The summed E-state index contributed by atoms with van der Waals surface area (Å²) in [4.78, 5) is 22.4. The van der Waals surface area contributed by atoms with Crippen molar-refractivity contribution in [3.63, 3.8) is 0 Å². The lowest BCUT2D eigenvalue weighted by molar-refractivity contribution is -0.384. The second kappa shape index (κ2) is 7.21. The van der Waals surface area contributed by atoms with Crippen molar-refractivity contribution in [1.82, 2.24) is 0 Å². The Hall–Kier alpha value is -3.09. The molecular weight excluding hydrogens is 322 g/mol. The van der Waals surface area contributed by atoms with Crippen LogP contribution in [0.15, 0.2) is 36.4 Å². The normalized spacial score (nSPS) is 12.2. The zero-order valence-electron chi connectivity index (χ0n) is 13.9. The molecular formula is C18H19N3O4. The van der Waals surface area contributed by atoms with Gasteiger partial charge < -0.3 is 15.4 Å². The number of esters is 1. The predicted molar refractivity (Wildman–Crippen MR) is 95.3 cm³/mol. The number of hydrogen-bond donors (Lipinski definition) is 2. The van der Waals surface area contributed by atoms with Crippen LogP contribution in [0.25, 0.3) is 0 Å². The molecule has 0 fully saturated rings. The molecule has 2 aromatic rings. The molecule has 2 aromatic carbocycles. The second-order valence-corrected chi connectivity index (χ2v) is 5.78. The number of methoxy groups -OCH3 is 1. The largest absolute Gasteiger partial charge is 0.465 e. The quantitative estimate of drug-likeness (QED) is 0.476. The van der Waals surface area contributed by atoms with E-state index in [-0.39, 0.29) is 16.6 Å². The summed E-state index contributed by atoms with van der Waals surface area (Å²) < 4.78 is 4.67. The first kappa shape index (κ1) is 16.8. The van der Waals surface area contributed by atoms with Gasteiger partial charge in [0.2, 0.25) is 0 Å². The molecule has 0 unspecified atom stereocenters. The van der Waals surface area contributed by atoms with Gasteiger partial charge in [-0.25, -0.2) is 4.79 Å². The molecule has 7 nitrogen and oxygen atoms in total.